The minimum absolute atomic E-state index is 0.218. The lowest BCUT2D eigenvalue weighted by atomic mass is 10.1. The second-order valence-electron chi connectivity index (χ2n) is 4.51. The zero-order chi connectivity index (χ0) is 13.8. The van der Waals surface area contributed by atoms with Crippen LogP contribution in [0.3, 0.4) is 0 Å². The van der Waals surface area contributed by atoms with Gasteiger partial charge in [0.25, 0.3) is 0 Å². The van der Waals surface area contributed by atoms with Crippen molar-refractivity contribution in [3.63, 3.8) is 0 Å². The van der Waals surface area contributed by atoms with Crippen LogP contribution in [0.1, 0.15) is 18.5 Å². The molecule has 0 aliphatic heterocycles. The van der Waals surface area contributed by atoms with E-state index in [1.165, 1.54) is 5.56 Å². The first-order valence-corrected chi connectivity index (χ1v) is 6.20. The van der Waals surface area contributed by atoms with Gasteiger partial charge in [-0.25, -0.2) is 4.98 Å². The highest BCUT2D eigenvalue weighted by Gasteiger charge is 2.13. The Morgan fingerprint density at radius 1 is 1.26 bits per heavy atom. The van der Waals surface area contributed by atoms with Crippen molar-refractivity contribution >= 4 is 11.4 Å². The fourth-order valence-electron chi connectivity index (χ4n) is 2.00. The molecule has 19 heavy (non-hydrogen) atoms. The lowest BCUT2D eigenvalue weighted by Gasteiger charge is -2.27. The van der Waals surface area contributed by atoms with Crippen LogP contribution in [0.5, 0.6) is 5.88 Å². The lowest BCUT2D eigenvalue weighted by Crippen LogP contribution is -2.21. The van der Waals surface area contributed by atoms with E-state index in [9.17, 15) is 0 Å². The van der Waals surface area contributed by atoms with Crippen molar-refractivity contribution in [1.29, 1.82) is 0 Å². The first kappa shape index (κ1) is 13.2. The molecule has 1 aromatic heterocycles. The van der Waals surface area contributed by atoms with Gasteiger partial charge in [0.2, 0.25) is 5.88 Å². The summed E-state index contributed by atoms with van der Waals surface area (Å²) in [5.41, 5.74) is 8.85. The molecule has 0 spiro atoms. The fraction of sp³-hybridized carbons (Fsp3) is 0.267. The zero-order valence-corrected chi connectivity index (χ0v) is 11.5. The number of pyridine rings is 1. The molecule has 4 nitrogen and oxygen atoms in total. The molecule has 2 aromatic rings. The van der Waals surface area contributed by atoms with Gasteiger partial charge < -0.3 is 15.4 Å². The Bertz CT molecular complexity index is 557. The van der Waals surface area contributed by atoms with Crippen molar-refractivity contribution in [2.75, 3.05) is 24.8 Å². The monoisotopic (exact) mass is 257 g/mol. The topological polar surface area (TPSA) is 51.4 Å². The molecule has 0 amide bonds. The Balaban J connectivity index is 2.25. The van der Waals surface area contributed by atoms with Crippen LogP contribution in [0.25, 0.3) is 0 Å². The van der Waals surface area contributed by atoms with Crippen LogP contribution in [0.4, 0.5) is 11.4 Å². The van der Waals surface area contributed by atoms with E-state index in [2.05, 4.69) is 22.9 Å². The molecule has 4 heteroatoms. The summed E-state index contributed by atoms with van der Waals surface area (Å²) in [5.74, 6) is 0.615. The van der Waals surface area contributed by atoms with Gasteiger partial charge in [-0.2, -0.15) is 0 Å². The molecule has 1 atom stereocenters. The molecule has 0 aliphatic carbocycles. The SMILES string of the molecule is COc1cc(N(C)C(C)c2cccc(N)c2)ccn1. The molecule has 0 saturated carbocycles. The largest absolute Gasteiger partial charge is 0.481 e. The van der Waals surface area contributed by atoms with Gasteiger partial charge in [-0.1, -0.05) is 12.1 Å². The van der Waals surface area contributed by atoms with E-state index >= 15 is 0 Å². The summed E-state index contributed by atoms with van der Waals surface area (Å²) in [7, 11) is 3.66. The maximum Gasteiger partial charge on any atom is 0.214 e. The standard InChI is InChI=1S/C15H19N3O/c1-11(12-5-4-6-13(16)9-12)18(2)14-7-8-17-15(10-14)19-3/h4-11H,16H2,1-3H3. The number of hydrogen-bond donors (Lipinski definition) is 1. The quantitative estimate of drug-likeness (QED) is 0.856. The molecule has 0 aliphatic rings. The number of anilines is 2. The number of aromatic nitrogens is 1. The van der Waals surface area contributed by atoms with Crippen molar-refractivity contribution in [2.45, 2.75) is 13.0 Å². The Morgan fingerprint density at radius 2 is 2.05 bits per heavy atom. The van der Waals surface area contributed by atoms with Crippen molar-refractivity contribution in [2.24, 2.45) is 0 Å². The van der Waals surface area contributed by atoms with Crippen molar-refractivity contribution in [3.05, 3.63) is 48.2 Å². The van der Waals surface area contributed by atoms with Gasteiger partial charge in [-0.3, -0.25) is 0 Å². The van der Waals surface area contributed by atoms with Crippen molar-refractivity contribution in [1.82, 2.24) is 4.98 Å². The van der Waals surface area contributed by atoms with E-state index in [1.807, 2.05) is 37.4 Å². The van der Waals surface area contributed by atoms with E-state index in [4.69, 9.17) is 10.5 Å². The summed E-state index contributed by atoms with van der Waals surface area (Å²) >= 11 is 0. The van der Waals surface area contributed by atoms with Crippen molar-refractivity contribution in [3.8, 4) is 5.88 Å². The van der Waals surface area contributed by atoms with E-state index in [1.54, 1.807) is 13.3 Å². The van der Waals surface area contributed by atoms with Gasteiger partial charge in [0.1, 0.15) is 0 Å². The van der Waals surface area contributed by atoms with Crippen LogP contribution >= 0.6 is 0 Å². The molecular formula is C15H19N3O. The highest BCUT2D eigenvalue weighted by atomic mass is 16.5. The van der Waals surface area contributed by atoms with E-state index < -0.39 is 0 Å². The van der Waals surface area contributed by atoms with Gasteiger partial charge in [0.15, 0.2) is 0 Å². The highest BCUT2D eigenvalue weighted by Crippen LogP contribution is 2.27. The van der Waals surface area contributed by atoms with Crippen LogP contribution in [0.2, 0.25) is 0 Å². The zero-order valence-electron chi connectivity index (χ0n) is 11.5. The normalized spacial score (nSPS) is 11.9. The third-order valence-electron chi connectivity index (χ3n) is 3.31. The number of hydrogen-bond acceptors (Lipinski definition) is 4. The predicted molar refractivity (Wildman–Crippen MR) is 78.5 cm³/mol. The summed E-state index contributed by atoms with van der Waals surface area (Å²) in [6.07, 6.45) is 1.75. The third kappa shape index (κ3) is 2.96. The number of benzene rings is 1. The Morgan fingerprint density at radius 3 is 2.74 bits per heavy atom. The smallest absolute Gasteiger partial charge is 0.214 e. The molecule has 1 heterocycles. The average molecular weight is 257 g/mol. The number of nitrogen functional groups attached to an aromatic ring is 1. The van der Waals surface area contributed by atoms with Gasteiger partial charge in [0.05, 0.1) is 13.2 Å². The van der Waals surface area contributed by atoms with Gasteiger partial charge in [0, 0.05) is 30.7 Å². The average Bonchev–Trinajstić information content (AvgIpc) is 2.45. The number of nitrogens with two attached hydrogens (primary N) is 1. The Labute approximate surface area is 113 Å². The lowest BCUT2D eigenvalue weighted by molar-refractivity contribution is 0.398. The second-order valence-corrected chi connectivity index (χ2v) is 4.51. The van der Waals surface area contributed by atoms with E-state index in [-0.39, 0.29) is 6.04 Å². The minimum atomic E-state index is 0.218. The molecular weight excluding hydrogens is 238 g/mol. The minimum Gasteiger partial charge on any atom is -0.481 e. The molecule has 2 N–H and O–H groups in total. The first-order valence-electron chi connectivity index (χ1n) is 6.20. The van der Waals surface area contributed by atoms with E-state index in [0.29, 0.717) is 5.88 Å². The van der Waals surface area contributed by atoms with Gasteiger partial charge in [-0.15, -0.1) is 0 Å². The number of ether oxygens (including phenoxy) is 1. The molecule has 0 saturated heterocycles. The highest BCUT2D eigenvalue weighted by molar-refractivity contribution is 5.51. The summed E-state index contributed by atoms with van der Waals surface area (Å²) in [5, 5.41) is 0. The van der Waals surface area contributed by atoms with Crippen LogP contribution in [-0.4, -0.2) is 19.1 Å². The van der Waals surface area contributed by atoms with Crippen LogP contribution in [-0.2, 0) is 0 Å². The molecule has 0 radical (unpaired) electrons. The number of rotatable bonds is 4. The summed E-state index contributed by atoms with van der Waals surface area (Å²) in [4.78, 5) is 6.28. The maximum absolute atomic E-state index is 5.83. The molecule has 2 rings (SSSR count). The molecule has 0 fully saturated rings. The maximum atomic E-state index is 5.83. The van der Waals surface area contributed by atoms with Crippen LogP contribution in [0.15, 0.2) is 42.6 Å². The summed E-state index contributed by atoms with van der Waals surface area (Å²) < 4.78 is 5.15. The van der Waals surface area contributed by atoms with Gasteiger partial charge >= 0.3 is 0 Å². The van der Waals surface area contributed by atoms with Crippen LogP contribution < -0.4 is 15.4 Å². The van der Waals surface area contributed by atoms with Gasteiger partial charge in [-0.05, 0) is 30.7 Å². The van der Waals surface area contributed by atoms with E-state index in [0.717, 1.165) is 11.4 Å². The number of nitrogens with zero attached hydrogens (tertiary/aromatic N) is 2. The Kier molecular flexibility index (Phi) is 3.90. The Hall–Kier alpha value is -2.23. The first-order chi connectivity index (χ1) is 9.11. The summed E-state index contributed by atoms with van der Waals surface area (Å²) in [6, 6.07) is 12.0. The molecule has 100 valence electrons. The second kappa shape index (κ2) is 5.61. The number of methoxy groups -OCH3 is 1. The summed E-state index contributed by atoms with van der Waals surface area (Å²) in [6.45, 7) is 2.14. The fourth-order valence-corrected chi connectivity index (χ4v) is 2.00. The van der Waals surface area contributed by atoms with Crippen LogP contribution in [0, 0.1) is 0 Å². The molecule has 1 unspecified atom stereocenters. The third-order valence-corrected chi connectivity index (χ3v) is 3.31. The molecule has 0 bridgehead atoms. The predicted octanol–water partition coefficient (Wildman–Crippen LogP) is 2.87. The van der Waals surface area contributed by atoms with Crippen molar-refractivity contribution < 1.29 is 4.74 Å². The molecule has 1 aromatic carbocycles.